The summed E-state index contributed by atoms with van der Waals surface area (Å²) in [5.74, 6) is -0.957. The Balaban J connectivity index is 2.13. The molecule has 21 heavy (non-hydrogen) atoms. The maximum Gasteiger partial charge on any atom is 0.339 e. The second-order valence-electron chi connectivity index (χ2n) is 5.10. The molecule has 1 aliphatic heterocycles. The van der Waals surface area contributed by atoms with E-state index >= 15 is 0 Å². The summed E-state index contributed by atoms with van der Waals surface area (Å²) in [6.45, 7) is 3.58. The highest BCUT2D eigenvalue weighted by Crippen LogP contribution is 2.22. The number of nitro groups is 1. The lowest BCUT2D eigenvalue weighted by molar-refractivity contribution is -0.385. The molecule has 1 aliphatic rings. The number of carbonyl (C=O) groups is 1. The number of rotatable bonds is 6. The quantitative estimate of drug-likeness (QED) is 0.622. The first-order chi connectivity index (χ1) is 9.99. The van der Waals surface area contributed by atoms with Gasteiger partial charge in [-0.3, -0.25) is 10.1 Å². The van der Waals surface area contributed by atoms with Crippen LogP contribution in [0.3, 0.4) is 0 Å². The molecule has 0 bridgehead atoms. The van der Waals surface area contributed by atoms with Gasteiger partial charge in [-0.15, -0.1) is 0 Å². The molecule has 0 saturated carbocycles. The number of hydrogen-bond acceptors (Lipinski definition) is 6. The van der Waals surface area contributed by atoms with Crippen molar-refractivity contribution in [3.05, 3.63) is 27.9 Å². The van der Waals surface area contributed by atoms with E-state index in [-0.39, 0.29) is 17.1 Å². The molecule has 0 unspecified atom stereocenters. The summed E-state index contributed by atoms with van der Waals surface area (Å²) in [4.78, 5) is 29.3. The molecule has 0 amide bonds. The molecule has 1 fully saturated rings. The Kier molecular flexibility index (Phi) is 4.69. The van der Waals surface area contributed by atoms with E-state index in [0.29, 0.717) is 6.54 Å². The summed E-state index contributed by atoms with van der Waals surface area (Å²) in [6.07, 6.45) is 3.48. The SMILES string of the molecule is CN(CCN1CCCC1)c1ncc([N+](=O)[O-])cc1C(=O)O. The van der Waals surface area contributed by atoms with E-state index in [2.05, 4.69) is 9.88 Å². The molecule has 8 heteroatoms. The minimum Gasteiger partial charge on any atom is -0.478 e. The van der Waals surface area contributed by atoms with Crippen molar-refractivity contribution in [2.45, 2.75) is 12.8 Å². The minimum atomic E-state index is -1.21. The standard InChI is InChI=1S/C13H18N4O4/c1-15(6-7-16-4-2-3-5-16)12-11(13(18)19)8-10(9-14-12)17(20)21/h8-9H,2-7H2,1H3,(H,18,19). The summed E-state index contributed by atoms with van der Waals surface area (Å²) in [5, 5.41) is 19.9. The van der Waals surface area contributed by atoms with Gasteiger partial charge in [0.15, 0.2) is 0 Å². The lowest BCUT2D eigenvalue weighted by atomic mass is 10.2. The van der Waals surface area contributed by atoms with Crippen LogP contribution in [0.15, 0.2) is 12.3 Å². The van der Waals surface area contributed by atoms with Crippen LogP contribution in [0.5, 0.6) is 0 Å². The van der Waals surface area contributed by atoms with Gasteiger partial charge in [0, 0.05) is 26.2 Å². The van der Waals surface area contributed by atoms with Gasteiger partial charge in [0.05, 0.1) is 4.92 Å². The van der Waals surface area contributed by atoms with Gasteiger partial charge in [-0.1, -0.05) is 0 Å². The number of nitrogens with zero attached hydrogens (tertiary/aromatic N) is 4. The first-order valence-corrected chi connectivity index (χ1v) is 6.80. The first-order valence-electron chi connectivity index (χ1n) is 6.80. The Morgan fingerprint density at radius 3 is 2.76 bits per heavy atom. The Bertz CT molecular complexity index is 543. The molecule has 1 aromatic rings. The number of hydrogen-bond donors (Lipinski definition) is 1. The number of carboxylic acid groups (broad SMARTS) is 1. The summed E-state index contributed by atoms with van der Waals surface area (Å²) >= 11 is 0. The fraction of sp³-hybridized carbons (Fsp3) is 0.538. The highest BCUT2D eigenvalue weighted by molar-refractivity contribution is 5.94. The number of likely N-dealkylation sites (tertiary alicyclic amines) is 1. The molecule has 0 atom stereocenters. The predicted molar refractivity (Wildman–Crippen MR) is 76.8 cm³/mol. The van der Waals surface area contributed by atoms with Crippen LogP contribution >= 0.6 is 0 Å². The van der Waals surface area contributed by atoms with Crippen LogP contribution in [0.1, 0.15) is 23.2 Å². The maximum absolute atomic E-state index is 11.3. The van der Waals surface area contributed by atoms with E-state index < -0.39 is 10.9 Å². The van der Waals surface area contributed by atoms with Gasteiger partial charge in [-0.25, -0.2) is 9.78 Å². The lowest BCUT2D eigenvalue weighted by Crippen LogP contribution is -2.32. The second kappa shape index (κ2) is 6.49. The number of aromatic nitrogens is 1. The molecule has 0 aromatic carbocycles. The van der Waals surface area contributed by atoms with Crippen molar-refractivity contribution < 1.29 is 14.8 Å². The largest absolute Gasteiger partial charge is 0.478 e. The zero-order valence-corrected chi connectivity index (χ0v) is 11.9. The van der Waals surface area contributed by atoms with Crippen molar-refractivity contribution in [3.8, 4) is 0 Å². The van der Waals surface area contributed by atoms with E-state index in [0.717, 1.165) is 31.9 Å². The number of carboxylic acids is 1. The number of pyridine rings is 1. The minimum absolute atomic E-state index is 0.145. The Hall–Kier alpha value is -2.22. The van der Waals surface area contributed by atoms with Gasteiger partial charge in [0.2, 0.25) is 0 Å². The van der Waals surface area contributed by atoms with E-state index in [1.165, 1.54) is 12.8 Å². The average Bonchev–Trinajstić information content (AvgIpc) is 2.97. The van der Waals surface area contributed by atoms with E-state index in [4.69, 9.17) is 0 Å². The molecule has 0 aliphatic carbocycles. The van der Waals surface area contributed by atoms with Crippen LogP contribution in [-0.4, -0.2) is 59.1 Å². The third kappa shape index (κ3) is 3.66. The van der Waals surface area contributed by atoms with Gasteiger partial charge in [-0.05, 0) is 25.9 Å². The molecule has 1 aromatic heterocycles. The van der Waals surface area contributed by atoms with Gasteiger partial charge >= 0.3 is 5.97 Å². The molecule has 0 radical (unpaired) electrons. The fourth-order valence-electron chi connectivity index (χ4n) is 2.41. The lowest BCUT2D eigenvalue weighted by Gasteiger charge is -2.23. The third-order valence-electron chi connectivity index (χ3n) is 3.61. The Morgan fingerprint density at radius 2 is 2.19 bits per heavy atom. The molecule has 1 N–H and O–H groups in total. The molecular formula is C13H18N4O4. The zero-order valence-electron chi connectivity index (χ0n) is 11.9. The van der Waals surface area contributed by atoms with Crippen LogP contribution in [0.25, 0.3) is 0 Å². The van der Waals surface area contributed by atoms with Crippen LogP contribution in [-0.2, 0) is 0 Å². The van der Waals surface area contributed by atoms with Gasteiger partial charge < -0.3 is 14.9 Å². The normalized spacial score (nSPS) is 15.1. The van der Waals surface area contributed by atoms with Crippen molar-refractivity contribution in [1.29, 1.82) is 0 Å². The molecule has 0 spiro atoms. The van der Waals surface area contributed by atoms with Crippen molar-refractivity contribution in [1.82, 2.24) is 9.88 Å². The van der Waals surface area contributed by atoms with Crippen LogP contribution in [0.4, 0.5) is 11.5 Å². The highest BCUT2D eigenvalue weighted by atomic mass is 16.6. The average molecular weight is 294 g/mol. The summed E-state index contributed by atoms with van der Waals surface area (Å²) in [7, 11) is 1.75. The molecule has 114 valence electrons. The molecule has 2 heterocycles. The van der Waals surface area contributed by atoms with E-state index in [9.17, 15) is 20.0 Å². The summed E-state index contributed by atoms with van der Waals surface area (Å²) in [6, 6.07) is 1.05. The van der Waals surface area contributed by atoms with Crippen LogP contribution < -0.4 is 4.90 Å². The zero-order chi connectivity index (χ0) is 15.4. The molecule has 2 rings (SSSR count). The van der Waals surface area contributed by atoms with Crippen molar-refractivity contribution in [2.24, 2.45) is 0 Å². The molecular weight excluding hydrogens is 276 g/mol. The maximum atomic E-state index is 11.3. The number of likely N-dealkylation sites (N-methyl/N-ethyl adjacent to an activating group) is 1. The van der Waals surface area contributed by atoms with Crippen molar-refractivity contribution in [3.63, 3.8) is 0 Å². The Morgan fingerprint density at radius 1 is 1.52 bits per heavy atom. The summed E-state index contributed by atoms with van der Waals surface area (Å²) in [5.41, 5.74) is -0.461. The topological polar surface area (TPSA) is 99.8 Å². The van der Waals surface area contributed by atoms with Gasteiger partial charge in [0.25, 0.3) is 5.69 Å². The van der Waals surface area contributed by atoms with Crippen molar-refractivity contribution in [2.75, 3.05) is 38.1 Å². The first kappa shape index (κ1) is 15.2. The van der Waals surface area contributed by atoms with Crippen LogP contribution in [0.2, 0.25) is 0 Å². The van der Waals surface area contributed by atoms with E-state index in [1.54, 1.807) is 11.9 Å². The number of anilines is 1. The third-order valence-corrected chi connectivity index (χ3v) is 3.61. The molecule has 8 nitrogen and oxygen atoms in total. The predicted octanol–water partition coefficient (Wildman–Crippen LogP) is 1.22. The van der Waals surface area contributed by atoms with Crippen molar-refractivity contribution >= 4 is 17.5 Å². The van der Waals surface area contributed by atoms with Gasteiger partial charge in [-0.2, -0.15) is 0 Å². The number of aromatic carboxylic acids is 1. The van der Waals surface area contributed by atoms with E-state index in [1.807, 2.05) is 0 Å². The summed E-state index contributed by atoms with van der Waals surface area (Å²) < 4.78 is 0. The highest BCUT2D eigenvalue weighted by Gasteiger charge is 2.20. The molecule has 1 saturated heterocycles. The van der Waals surface area contributed by atoms with Gasteiger partial charge in [0.1, 0.15) is 17.6 Å². The van der Waals surface area contributed by atoms with Crippen LogP contribution in [0, 0.1) is 10.1 Å². The Labute approximate surface area is 122 Å². The fourth-order valence-corrected chi connectivity index (χ4v) is 2.41. The monoisotopic (exact) mass is 294 g/mol. The smallest absolute Gasteiger partial charge is 0.339 e. The second-order valence-corrected chi connectivity index (χ2v) is 5.10.